The zero-order chi connectivity index (χ0) is 24.3. The first-order valence-corrected chi connectivity index (χ1v) is 11.9. The zero-order valence-corrected chi connectivity index (χ0v) is 20.1. The lowest BCUT2D eigenvalue weighted by Crippen LogP contribution is -2.28. The van der Waals surface area contributed by atoms with Gasteiger partial charge in [0.2, 0.25) is 0 Å². The molecule has 0 fully saturated rings. The van der Waals surface area contributed by atoms with E-state index in [4.69, 9.17) is 19.2 Å². The zero-order valence-electron chi connectivity index (χ0n) is 20.1. The van der Waals surface area contributed by atoms with Gasteiger partial charge in [-0.1, -0.05) is 24.3 Å². The highest BCUT2D eigenvalue weighted by Crippen LogP contribution is 2.47. The number of ether oxygens (including phenoxy) is 3. The molecule has 6 nitrogen and oxygen atoms in total. The van der Waals surface area contributed by atoms with Gasteiger partial charge in [-0.3, -0.25) is 4.98 Å². The molecule has 0 saturated heterocycles. The molecule has 0 aliphatic carbocycles. The van der Waals surface area contributed by atoms with Gasteiger partial charge in [0.1, 0.15) is 5.75 Å². The van der Waals surface area contributed by atoms with E-state index in [2.05, 4.69) is 12.1 Å². The summed E-state index contributed by atoms with van der Waals surface area (Å²) in [6.45, 7) is 7.06. The lowest BCUT2D eigenvalue weighted by Gasteiger charge is -2.29. The molecule has 178 valence electrons. The normalized spacial score (nSPS) is 15.7. The SMILES string of the molecule is CC(C)(C)O[C@H](C(=O)O)c1c2c(c3ccccc3c1-c1ccc3c4c(ccnc14)CCO3)COC2. The summed E-state index contributed by atoms with van der Waals surface area (Å²) in [6.07, 6.45) is 1.48. The Kier molecular flexibility index (Phi) is 5.06. The van der Waals surface area contributed by atoms with Gasteiger partial charge < -0.3 is 19.3 Å². The first kappa shape index (κ1) is 22.0. The molecular formula is C29H27NO5. The van der Waals surface area contributed by atoms with Crippen molar-refractivity contribution in [2.75, 3.05) is 6.61 Å². The van der Waals surface area contributed by atoms with Crippen LogP contribution in [0.5, 0.6) is 5.75 Å². The Morgan fingerprint density at radius 3 is 2.60 bits per heavy atom. The van der Waals surface area contributed by atoms with E-state index in [9.17, 15) is 9.90 Å². The summed E-state index contributed by atoms with van der Waals surface area (Å²) in [7, 11) is 0. The number of aromatic nitrogens is 1. The summed E-state index contributed by atoms with van der Waals surface area (Å²) in [5.74, 6) is -0.209. The summed E-state index contributed by atoms with van der Waals surface area (Å²) >= 11 is 0. The molecule has 0 spiro atoms. The Balaban J connectivity index is 1.76. The lowest BCUT2D eigenvalue weighted by molar-refractivity contribution is -0.160. The molecule has 2 aliphatic rings. The van der Waals surface area contributed by atoms with Gasteiger partial charge in [0, 0.05) is 29.1 Å². The van der Waals surface area contributed by atoms with Gasteiger partial charge >= 0.3 is 5.97 Å². The van der Waals surface area contributed by atoms with Crippen molar-refractivity contribution in [2.24, 2.45) is 0 Å². The van der Waals surface area contributed by atoms with Crippen LogP contribution in [0.1, 0.15) is 49.1 Å². The Morgan fingerprint density at radius 1 is 1.06 bits per heavy atom. The highest BCUT2D eigenvalue weighted by Gasteiger charge is 2.36. The van der Waals surface area contributed by atoms with Crippen LogP contribution in [0.4, 0.5) is 0 Å². The highest BCUT2D eigenvalue weighted by molar-refractivity contribution is 6.09. The minimum Gasteiger partial charge on any atom is -0.493 e. The maximum atomic E-state index is 12.7. The average molecular weight is 470 g/mol. The summed E-state index contributed by atoms with van der Waals surface area (Å²) in [5.41, 5.74) is 5.62. The summed E-state index contributed by atoms with van der Waals surface area (Å²) in [4.78, 5) is 17.5. The van der Waals surface area contributed by atoms with Gasteiger partial charge in [0.25, 0.3) is 0 Å². The van der Waals surface area contributed by atoms with Gasteiger partial charge in [-0.05, 0) is 72.0 Å². The second-order valence-corrected chi connectivity index (χ2v) is 10.1. The van der Waals surface area contributed by atoms with Crippen LogP contribution in [0.25, 0.3) is 32.8 Å². The molecule has 0 amide bonds. The highest BCUT2D eigenvalue weighted by atomic mass is 16.5. The number of nitrogens with zero attached hydrogens (tertiary/aromatic N) is 1. The molecule has 0 saturated carbocycles. The van der Waals surface area contributed by atoms with E-state index in [1.807, 2.05) is 57.3 Å². The smallest absolute Gasteiger partial charge is 0.337 e. The van der Waals surface area contributed by atoms with Crippen molar-refractivity contribution in [3.8, 4) is 16.9 Å². The van der Waals surface area contributed by atoms with Crippen molar-refractivity contribution >= 4 is 27.6 Å². The van der Waals surface area contributed by atoms with E-state index < -0.39 is 17.7 Å². The fourth-order valence-electron chi connectivity index (χ4n) is 5.44. The number of carboxylic acids is 1. The fraction of sp³-hybridized carbons (Fsp3) is 0.310. The monoisotopic (exact) mass is 469 g/mol. The third-order valence-electron chi connectivity index (χ3n) is 6.77. The Hall–Kier alpha value is -3.48. The van der Waals surface area contributed by atoms with Crippen LogP contribution < -0.4 is 4.74 Å². The molecule has 1 aromatic heterocycles. The Labute approximate surface area is 203 Å². The number of aliphatic carboxylic acids is 1. The second kappa shape index (κ2) is 8.04. The van der Waals surface area contributed by atoms with Crippen molar-refractivity contribution in [3.05, 3.63) is 70.9 Å². The Morgan fingerprint density at radius 2 is 1.83 bits per heavy atom. The van der Waals surface area contributed by atoms with Crippen LogP contribution in [-0.4, -0.2) is 28.3 Å². The molecule has 1 N–H and O–H groups in total. The molecule has 0 bridgehead atoms. The van der Waals surface area contributed by atoms with Crippen LogP contribution in [0, 0.1) is 0 Å². The van der Waals surface area contributed by atoms with Crippen LogP contribution >= 0.6 is 0 Å². The van der Waals surface area contributed by atoms with Crippen molar-refractivity contribution in [3.63, 3.8) is 0 Å². The van der Waals surface area contributed by atoms with Gasteiger partial charge in [-0.25, -0.2) is 4.79 Å². The molecule has 2 aliphatic heterocycles. The number of fused-ring (bicyclic) bond motifs is 3. The second-order valence-electron chi connectivity index (χ2n) is 10.1. The molecular weight excluding hydrogens is 442 g/mol. The number of carbonyl (C=O) groups is 1. The minimum absolute atomic E-state index is 0.345. The van der Waals surface area contributed by atoms with Gasteiger partial charge in [0.05, 0.1) is 30.9 Å². The summed E-state index contributed by atoms with van der Waals surface area (Å²) < 4.78 is 18.0. The molecule has 6 rings (SSSR count). The van der Waals surface area contributed by atoms with Crippen LogP contribution in [-0.2, 0) is 33.9 Å². The lowest BCUT2D eigenvalue weighted by atomic mass is 9.83. The molecule has 0 radical (unpaired) electrons. The standard InChI is InChI=1S/C29H27NO5/c1-29(2,3)35-27(28(31)32)25-21-15-33-14-20(21)17-6-4-5-7-18(17)24(25)19-8-9-22-23-16(11-13-34-22)10-12-30-26(19)23/h4-10,12,27H,11,13-15H2,1-3H3,(H,31,32)/t27-/m0/s1. The van der Waals surface area contributed by atoms with Crippen LogP contribution in [0.15, 0.2) is 48.7 Å². The van der Waals surface area contributed by atoms with E-state index in [1.165, 1.54) is 5.56 Å². The summed E-state index contributed by atoms with van der Waals surface area (Å²) in [5, 5.41) is 13.4. The topological polar surface area (TPSA) is 77.9 Å². The van der Waals surface area contributed by atoms with Crippen LogP contribution in [0.2, 0.25) is 0 Å². The van der Waals surface area contributed by atoms with Gasteiger partial charge in [0.15, 0.2) is 6.10 Å². The molecule has 4 aromatic rings. The van der Waals surface area contributed by atoms with E-state index in [1.54, 1.807) is 0 Å². The number of carboxylic acid groups (broad SMARTS) is 1. The quantitative estimate of drug-likeness (QED) is 0.397. The van der Waals surface area contributed by atoms with Gasteiger partial charge in [-0.2, -0.15) is 0 Å². The number of hydrogen-bond donors (Lipinski definition) is 1. The molecule has 35 heavy (non-hydrogen) atoms. The van der Waals surface area contributed by atoms with Crippen molar-refractivity contribution in [1.29, 1.82) is 0 Å². The molecule has 3 heterocycles. The first-order chi connectivity index (χ1) is 16.8. The van der Waals surface area contributed by atoms with Crippen molar-refractivity contribution < 1.29 is 24.1 Å². The van der Waals surface area contributed by atoms with E-state index >= 15 is 0 Å². The maximum absolute atomic E-state index is 12.7. The minimum atomic E-state index is -1.16. The molecule has 6 heteroatoms. The maximum Gasteiger partial charge on any atom is 0.337 e. The average Bonchev–Trinajstić information content (AvgIpc) is 3.32. The molecule has 1 atom stereocenters. The van der Waals surface area contributed by atoms with Crippen LogP contribution in [0.3, 0.4) is 0 Å². The fourth-order valence-corrected chi connectivity index (χ4v) is 5.44. The number of hydrogen-bond acceptors (Lipinski definition) is 5. The van der Waals surface area contributed by atoms with Crippen molar-refractivity contribution in [2.45, 2.75) is 52.1 Å². The van der Waals surface area contributed by atoms with Crippen molar-refractivity contribution in [1.82, 2.24) is 4.98 Å². The van der Waals surface area contributed by atoms with E-state index in [0.717, 1.165) is 56.1 Å². The predicted octanol–water partition coefficient (Wildman–Crippen LogP) is 5.96. The third-order valence-corrected chi connectivity index (χ3v) is 6.77. The molecule has 0 unspecified atom stereocenters. The first-order valence-electron chi connectivity index (χ1n) is 11.9. The number of pyridine rings is 1. The van der Waals surface area contributed by atoms with E-state index in [-0.39, 0.29) is 0 Å². The number of benzene rings is 3. The predicted molar refractivity (Wildman–Crippen MR) is 134 cm³/mol. The largest absolute Gasteiger partial charge is 0.493 e. The van der Waals surface area contributed by atoms with E-state index in [0.29, 0.717) is 25.4 Å². The third kappa shape index (κ3) is 3.56. The summed E-state index contributed by atoms with van der Waals surface area (Å²) in [6, 6.07) is 14.1. The number of rotatable bonds is 4. The van der Waals surface area contributed by atoms with Gasteiger partial charge in [-0.15, -0.1) is 0 Å². The molecule has 3 aromatic carbocycles. The Bertz CT molecular complexity index is 1490.